The summed E-state index contributed by atoms with van der Waals surface area (Å²) in [4.78, 5) is 0. The third-order valence-electron chi connectivity index (χ3n) is 4.24. The van der Waals surface area contributed by atoms with Crippen LogP contribution in [0.2, 0.25) is 0 Å². The van der Waals surface area contributed by atoms with Crippen molar-refractivity contribution < 1.29 is 9.47 Å². The van der Waals surface area contributed by atoms with Crippen molar-refractivity contribution in [1.82, 2.24) is 20.2 Å². The molecular formula is C19H14N6O2. The highest BCUT2D eigenvalue weighted by Crippen LogP contribution is 2.32. The van der Waals surface area contributed by atoms with Gasteiger partial charge in [0.15, 0.2) is 11.5 Å². The first kappa shape index (κ1) is 15.3. The third-order valence-corrected chi connectivity index (χ3v) is 4.24. The minimum absolute atomic E-state index is 0.244. The SMILES string of the molecule is C(=N\Nc1nnnn1-c1cccc2ccccc12)/c1ccc2c(c1)OCO2. The second-order valence-electron chi connectivity index (χ2n) is 5.90. The van der Waals surface area contributed by atoms with E-state index in [0.717, 1.165) is 27.8 Å². The van der Waals surface area contributed by atoms with Crippen molar-refractivity contribution in [1.29, 1.82) is 0 Å². The Morgan fingerprint density at radius 2 is 1.89 bits per heavy atom. The molecule has 1 aromatic heterocycles. The molecule has 0 saturated heterocycles. The first-order valence-electron chi connectivity index (χ1n) is 8.34. The van der Waals surface area contributed by atoms with Gasteiger partial charge >= 0.3 is 0 Å². The highest BCUT2D eigenvalue weighted by atomic mass is 16.7. The van der Waals surface area contributed by atoms with E-state index in [2.05, 4.69) is 26.1 Å². The smallest absolute Gasteiger partial charge is 0.268 e. The predicted molar refractivity (Wildman–Crippen MR) is 100 cm³/mol. The Kier molecular flexibility index (Phi) is 3.64. The van der Waals surface area contributed by atoms with Gasteiger partial charge in [0.25, 0.3) is 5.95 Å². The van der Waals surface area contributed by atoms with Crippen LogP contribution in [0.1, 0.15) is 5.56 Å². The molecule has 1 N–H and O–H groups in total. The van der Waals surface area contributed by atoms with E-state index >= 15 is 0 Å². The van der Waals surface area contributed by atoms with Crippen molar-refractivity contribution in [2.45, 2.75) is 0 Å². The Hall–Kier alpha value is -3.94. The third kappa shape index (κ3) is 2.82. The van der Waals surface area contributed by atoms with Gasteiger partial charge in [-0.3, -0.25) is 0 Å². The minimum Gasteiger partial charge on any atom is -0.454 e. The molecule has 4 aromatic rings. The molecule has 27 heavy (non-hydrogen) atoms. The average Bonchev–Trinajstić information content (AvgIpc) is 3.36. The van der Waals surface area contributed by atoms with Gasteiger partial charge in [0.2, 0.25) is 6.79 Å². The first-order chi connectivity index (χ1) is 13.4. The van der Waals surface area contributed by atoms with Crippen LogP contribution in [0.15, 0.2) is 65.8 Å². The number of aromatic nitrogens is 4. The van der Waals surface area contributed by atoms with E-state index in [1.54, 1.807) is 10.9 Å². The molecule has 132 valence electrons. The van der Waals surface area contributed by atoms with Crippen molar-refractivity contribution >= 4 is 22.9 Å². The lowest BCUT2D eigenvalue weighted by molar-refractivity contribution is 0.174. The van der Waals surface area contributed by atoms with Crippen molar-refractivity contribution in [2.24, 2.45) is 5.10 Å². The fourth-order valence-electron chi connectivity index (χ4n) is 2.97. The van der Waals surface area contributed by atoms with Crippen LogP contribution in [-0.4, -0.2) is 33.2 Å². The van der Waals surface area contributed by atoms with Gasteiger partial charge in [0, 0.05) is 5.39 Å². The minimum atomic E-state index is 0.244. The van der Waals surface area contributed by atoms with Gasteiger partial charge in [-0.05, 0) is 45.6 Å². The monoisotopic (exact) mass is 358 g/mol. The maximum Gasteiger partial charge on any atom is 0.268 e. The summed E-state index contributed by atoms with van der Waals surface area (Å²) in [5.41, 5.74) is 4.64. The fraction of sp³-hybridized carbons (Fsp3) is 0.0526. The van der Waals surface area contributed by atoms with Gasteiger partial charge in [-0.25, -0.2) is 5.43 Å². The van der Waals surface area contributed by atoms with Crippen molar-refractivity contribution in [3.8, 4) is 17.2 Å². The fourth-order valence-corrected chi connectivity index (χ4v) is 2.97. The predicted octanol–water partition coefficient (Wildman–Crippen LogP) is 2.99. The van der Waals surface area contributed by atoms with Crippen LogP contribution >= 0.6 is 0 Å². The maximum atomic E-state index is 5.37. The standard InChI is InChI=1S/C19H14N6O2/c1-2-6-15-14(4-1)5-3-7-16(15)25-19(22-23-24-25)21-20-11-13-8-9-17-18(10-13)27-12-26-17/h1-11H,12H2,(H,21,22,24)/b20-11+. The van der Waals surface area contributed by atoms with E-state index in [4.69, 9.17) is 9.47 Å². The molecule has 0 atom stereocenters. The normalized spacial score (nSPS) is 12.7. The van der Waals surface area contributed by atoms with Gasteiger partial charge in [-0.1, -0.05) is 41.5 Å². The number of ether oxygens (including phenoxy) is 2. The second-order valence-corrected chi connectivity index (χ2v) is 5.90. The van der Waals surface area contributed by atoms with Crippen LogP contribution in [0.3, 0.4) is 0 Å². The number of benzene rings is 3. The van der Waals surface area contributed by atoms with Gasteiger partial charge in [-0.2, -0.15) is 9.78 Å². The van der Waals surface area contributed by atoms with Crippen molar-refractivity contribution in [3.63, 3.8) is 0 Å². The Morgan fingerprint density at radius 3 is 2.89 bits per heavy atom. The second kappa shape index (κ2) is 6.41. The summed E-state index contributed by atoms with van der Waals surface area (Å²) in [6.07, 6.45) is 1.67. The van der Waals surface area contributed by atoms with E-state index in [1.807, 2.05) is 60.7 Å². The molecule has 0 spiro atoms. The molecule has 0 amide bonds. The molecule has 2 heterocycles. The molecule has 1 aliphatic rings. The highest BCUT2D eigenvalue weighted by Gasteiger charge is 2.13. The first-order valence-corrected chi connectivity index (χ1v) is 8.34. The summed E-state index contributed by atoms with van der Waals surface area (Å²) in [6, 6.07) is 19.7. The Balaban J connectivity index is 1.42. The number of nitrogens with zero attached hydrogens (tertiary/aromatic N) is 5. The quantitative estimate of drug-likeness (QED) is 0.446. The van der Waals surface area contributed by atoms with E-state index in [9.17, 15) is 0 Å². The Morgan fingerprint density at radius 1 is 1.00 bits per heavy atom. The number of tetrazole rings is 1. The number of rotatable bonds is 4. The van der Waals surface area contributed by atoms with Crippen molar-refractivity contribution in [3.05, 3.63) is 66.2 Å². The maximum absolute atomic E-state index is 5.37. The number of hydrogen-bond acceptors (Lipinski definition) is 7. The highest BCUT2D eigenvalue weighted by molar-refractivity contribution is 5.90. The molecule has 8 nitrogen and oxygen atoms in total. The molecule has 0 bridgehead atoms. The number of hydrogen-bond donors (Lipinski definition) is 1. The van der Waals surface area contributed by atoms with Crippen LogP contribution in [0.5, 0.6) is 11.5 Å². The van der Waals surface area contributed by atoms with Crippen LogP contribution in [0.4, 0.5) is 5.95 Å². The van der Waals surface area contributed by atoms with Crippen LogP contribution in [-0.2, 0) is 0 Å². The van der Waals surface area contributed by atoms with E-state index in [0.29, 0.717) is 11.7 Å². The zero-order valence-corrected chi connectivity index (χ0v) is 14.1. The van der Waals surface area contributed by atoms with Gasteiger partial charge in [-0.15, -0.1) is 0 Å². The summed E-state index contributed by atoms with van der Waals surface area (Å²) < 4.78 is 12.3. The lowest BCUT2D eigenvalue weighted by atomic mass is 10.1. The molecule has 0 saturated carbocycles. The Bertz CT molecular complexity index is 1150. The summed E-state index contributed by atoms with van der Waals surface area (Å²) in [5.74, 6) is 1.86. The van der Waals surface area contributed by atoms with E-state index in [-0.39, 0.29) is 6.79 Å². The van der Waals surface area contributed by atoms with E-state index in [1.165, 1.54) is 0 Å². The molecule has 3 aromatic carbocycles. The van der Waals surface area contributed by atoms with Crippen LogP contribution in [0, 0.1) is 0 Å². The van der Waals surface area contributed by atoms with Gasteiger partial charge in [0.05, 0.1) is 11.9 Å². The Labute approximate surface area is 154 Å². The molecular weight excluding hydrogens is 344 g/mol. The molecule has 0 fully saturated rings. The summed E-state index contributed by atoms with van der Waals surface area (Å²) >= 11 is 0. The lowest BCUT2D eigenvalue weighted by Gasteiger charge is -2.07. The number of nitrogens with one attached hydrogen (secondary N) is 1. The largest absolute Gasteiger partial charge is 0.454 e. The summed E-state index contributed by atoms with van der Waals surface area (Å²) in [7, 11) is 0. The zero-order valence-electron chi connectivity index (χ0n) is 14.1. The number of anilines is 1. The topological polar surface area (TPSA) is 86.5 Å². The molecule has 0 aliphatic carbocycles. The van der Waals surface area contributed by atoms with Gasteiger partial charge < -0.3 is 9.47 Å². The van der Waals surface area contributed by atoms with Crippen LogP contribution < -0.4 is 14.9 Å². The number of fused-ring (bicyclic) bond motifs is 2. The zero-order chi connectivity index (χ0) is 18.1. The van der Waals surface area contributed by atoms with Gasteiger partial charge in [0.1, 0.15) is 0 Å². The molecule has 5 rings (SSSR count). The van der Waals surface area contributed by atoms with Crippen LogP contribution in [0.25, 0.3) is 16.5 Å². The van der Waals surface area contributed by atoms with Crippen molar-refractivity contribution in [2.75, 3.05) is 12.2 Å². The summed E-state index contributed by atoms with van der Waals surface area (Å²) in [6.45, 7) is 0.244. The molecule has 8 heteroatoms. The molecule has 0 radical (unpaired) electrons. The average molecular weight is 358 g/mol. The lowest BCUT2D eigenvalue weighted by Crippen LogP contribution is -2.04. The van der Waals surface area contributed by atoms with E-state index < -0.39 is 0 Å². The molecule has 0 unspecified atom stereocenters. The summed E-state index contributed by atoms with van der Waals surface area (Å²) in [5, 5.41) is 18.3. The number of hydrazone groups is 1. The molecule has 1 aliphatic heterocycles.